The molecule has 0 spiro atoms. The van der Waals surface area contributed by atoms with E-state index in [2.05, 4.69) is 22.2 Å². The number of imide groups is 1. The summed E-state index contributed by atoms with van der Waals surface area (Å²) in [6.45, 7) is 4.21. The second-order valence-corrected chi connectivity index (χ2v) is 8.29. The molecule has 2 aliphatic heterocycles. The van der Waals surface area contributed by atoms with E-state index in [1.807, 2.05) is 6.92 Å². The van der Waals surface area contributed by atoms with E-state index < -0.39 is 0 Å². The third-order valence-corrected chi connectivity index (χ3v) is 6.11. The predicted molar refractivity (Wildman–Crippen MR) is 107 cm³/mol. The van der Waals surface area contributed by atoms with Crippen LogP contribution in [-0.4, -0.2) is 52.6 Å². The number of rotatable bonds is 5. The van der Waals surface area contributed by atoms with Crippen molar-refractivity contribution in [1.82, 2.24) is 14.8 Å². The molecule has 2 aliphatic rings. The van der Waals surface area contributed by atoms with Gasteiger partial charge in [0, 0.05) is 36.5 Å². The summed E-state index contributed by atoms with van der Waals surface area (Å²) in [7, 11) is 2.06. The van der Waals surface area contributed by atoms with Gasteiger partial charge in [0.05, 0.1) is 16.8 Å². The van der Waals surface area contributed by atoms with Gasteiger partial charge in [0.1, 0.15) is 0 Å². The summed E-state index contributed by atoms with van der Waals surface area (Å²) in [4.78, 5) is 46.8. The van der Waals surface area contributed by atoms with Gasteiger partial charge in [-0.05, 0) is 31.7 Å². The van der Waals surface area contributed by atoms with Gasteiger partial charge in [-0.2, -0.15) is 0 Å². The summed E-state index contributed by atoms with van der Waals surface area (Å²) in [6.07, 6.45) is 2.54. The average molecular weight is 398 g/mol. The minimum absolute atomic E-state index is 0.280. The lowest BCUT2D eigenvalue weighted by molar-refractivity contribution is 0.0652. The Labute approximate surface area is 167 Å². The van der Waals surface area contributed by atoms with Gasteiger partial charge in [-0.15, -0.1) is 11.3 Å². The van der Waals surface area contributed by atoms with Crippen LogP contribution in [0.25, 0.3) is 0 Å². The molecule has 3 amide bonds. The molecule has 0 unspecified atom stereocenters. The maximum Gasteiger partial charge on any atom is 0.261 e. The van der Waals surface area contributed by atoms with E-state index in [0.29, 0.717) is 28.4 Å². The monoisotopic (exact) mass is 398 g/mol. The first-order valence-electron chi connectivity index (χ1n) is 9.46. The summed E-state index contributed by atoms with van der Waals surface area (Å²) < 4.78 is 0. The van der Waals surface area contributed by atoms with Crippen molar-refractivity contribution >= 4 is 34.2 Å². The third-order valence-electron chi connectivity index (χ3n) is 5.11. The van der Waals surface area contributed by atoms with Crippen molar-refractivity contribution in [2.75, 3.05) is 25.5 Å². The highest BCUT2D eigenvalue weighted by atomic mass is 32.1. The number of carbonyl (C=O) groups excluding carboxylic acids is 3. The van der Waals surface area contributed by atoms with E-state index in [0.717, 1.165) is 38.0 Å². The van der Waals surface area contributed by atoms with Crippen LogP contribution in [0.2, 0.25) is 0 Å². The molecule has 146 valence electrons. The summed E-state index contributed by atoms with van der Waals surface area (Å²) in [5.41, 5.74) is 2.06. The minimum atomic E-state index is -0.325. The highest BCUT2D eigenvalue weighted by Gasteiger charge is 2.35. The molecule has 3 heterocycles. The molecular weight excluding hydrogens is 376 g/mol. The molecule has 4 rings (SSSR count). The Morgan fingerprint density at radius 1 is 1.25 bits per heavy atom. The molecule has 0 radical (unpaired) electrons. The zero-order chi connectivity index (χ0) is 19.8. The largest absolute Gasteiger partial charge is 0.301 e. The van der Waals surface area contributed by atoms with Crippen LogP contribution in [0.4, 0.5) is 5.13 Å². The lowest BCUT2D eigenvalue weighted by Gasteiger charge is -2.20. The molecule has 1 aromatic carbocycles. The van der Waals surface area contributed by atoms with Crippen molar-refractivity contribution in [1.29, 1.82) is 0 Å². The zero-order valence-electron chi connectivity index (χ0n) is 15.9. The molecule has 8 heteroatoms. The number of nitrogens with one attached hydrogen (secondary N) is 1. The number of aromatic nitrogens is 1. The molecule has 1 N–H and O–H groups in total. The molecule has 0 fully saturated rings. The summed E-state index contributed by atoms with van der Waals surface area (Å²) in [5.74, 6) is -0.928. The SMILES string of the molecule is CCCCN1C(=O)c2ccc(C(=O)Nc3nc4c(s3)CN(C)CC4)cc2C1=O. The van der Waals surface area contributed by atoms with Crippen LogP contribution in [0.1, 0.15) is 61.4 Å². The number of thiazole rings is 1. The highest BCUT2D eigenvalue weighted by molar-refractivity contribution is 7.15. The van der Waals surface area contributed by atoms with E-state index in [9.17, 15) is 14.4 Å². The van der Waals surface area contributed by atoms with E-state index in [1.54, 1.807) is 12.1 Å². The number of hydrogen-bond acceptors (Lipinski definition) is 6. The number of benzene rings is 1. The van der Waals surface area contributed by atoms with Crippen LogP contribution >= 0.6 is 11.3 Å². The van der Waals surface area contributed by atoms with Crippen LogP contribution in [0, 0.1) is 0 Å². The average Bonchev–Trinajstić information content (AvgIpc) is 3.18. The molecule has 0 saturated heterocycles. The molecule has 0 bridgehead atoms. The molecule has 0 saturated carbocycles. The van der Waals surface area contributed by atoms with Gasteiger partial charge in [-0.3, -0.25) is 24.6 Å². The minimum Gasteiger partial charge on any atom is -0.301 e. The fourth-order valence-corrected chi connectivity index (χ4v) is 4.58. The molecule has 28 heavy (non-hydrogen) atoms. The molecule has 2 aromatic rings. The van der Waals surface area contributed by atoms with Gasteiger partial charge in [0.25, 0.3) is 17.7 Å². The summed E-state index contributed by atoms with van der Waals surface area (Å²) in [6, 6.07) is 4.67. The molecular formula is C20H22N4O3S. The Bertz CT molecular complexity index is 968. The van der Waals surface area contributed by atoms with Gasteiger partial charge in [0.2, 0.25) is 0 Å². The first-order chi connectivity index (χ1) is 13.5. The van der Waals surface area contributed by atoms with Gasteiger partial charge >= 0.3 is 0 Å². The number of carbonyl (C=O) groups is 3. The van der Waals surface area contributed by atoms with Crippen molar-refractivity contribution in [3.63, 3.8) is 0 Å². The van der Waals surface area contributed by atoms with Crippen molar-refractivity contribution < 1.29 is 14.4 Å². The fourth-order valence-electron chi connectivity index (χ4n) is 3.50. The van der Waals surface area contributed by atoms with Crippen molar-refractivity contribution in [3.05, 3.63) is 45.5 Å². The van der Waals surface area contributed by atoms with Crippen LogP contribution in [0.15, 0.2) is 18.2 Å². The number of amides is 3. The van der Waals surface area contributed by atoms with E-state index in [4.69, 9.17) is 0 Å². The first kappa shape index (κ1) is 18.8. The van der Waals surface area contributed by atoms with Crippen LogP contribution in [0.5, 0.6) is 0 Å². The Morgan fingerprint density at radius 3 is 2.82 bits per heavy atom. The third kappa shape index (κ3) is 3.33. The summed E-state index contributed by atoms with van der Waals surface area (Å²) in [5, 5.41) is 3.40. The Balaban J connectivity index is 1.52. The second kappa shape index (κ2) is 7.44. The van der Waals surface area contributed by atoms with Crippen LogP contribution < -0.4 is 5.32 Å². The number of unbranched alkanes of at least 4 members (excludes halogenated alkanes) is 1. The van der Waals surface area contributed by atoms with E-state index >= 15 is 0 Å². The van der Waals surface area contributed by atoms with Crippen molar-refractivity contribution in [2.24, 2.45) is 0 Å². The van der Waals surface area contributed by atoms with Gasteiger partial charge < -0.3 is 4.90 Å². The number of likely N-dealkylation sites (N-methyl/N-ethyl adjacent to an activating group) is 1. The summed E-state index contributed by atoms with van der Waals surface area (Å²) >= 11 is 1.48. The van der Waals surface area contributed by atoms with Crippen molar-refractivity contribution in [2.45, 2.75) is 32.7 Å². The number of nitrogens with zero attached hydrogens (tertiary/aromatic N) is 3. The predicted octanol–water partition coefficient (Wildman–Crippen LogP) is 2.78. The van der Waals surface area contributed by atoms with Gasteiger partial charge in [-0.1, -0.05) is 13.3 Å². The van der Waals surface area contributed by atoms with E-state index in [-0.39, 0.29) is 17.7 Å². The zero-order valence-corrected chi connectivity index (χ0v) is 16.8. The highest BCUT2D eigenvalue weighted by Crippen LogP contribution is 2.29. The quantitative estimate of drug-likeness (QED) is 0.783. The maximum absolute atomic E-state index is 12.7. The fraction of sp³-hybridized carbons (Fsp3) is 0.400. The maximum atomic E-state index is 12.7. The van der Waals surface area contributed by atoms with Gasteiger partial charge in [0.15, 0.2) is 5.13 Å². The Morgan fingerprint density at radius 2 is 2.04 bits per heavy atom. The number of fused-ring (bicyclic) bond motifs is 2. The van der Waals surface area contributed by atoms with Crippen LogP contribution in [-0.2, 0) is 13.0 Å². The smallest absolute Gasteiger partial charge is 0.261 e. The lowest BCUT2D eigenvalue weighted by Crippen LogP contribution is -2.30. The molecule has 1 aromatic heterocycles. The molecule has 0 aliphatic carbocycles. The number of anilines is 1. The number of hydrogen-bond donors (Lipinski definition) is 1. The molecule has 7 nitrogen and oxygen atoms in total. The van der Waals surface area contributed by atoms with Crippen LogP contribution in [0.3, 0.4) is 0 Å². The van der Waals surface area contributed by atoms with Crippen molar-refractivity contribution in [3.8, 4) is 0 Å². The van der Waals surface area contributed by atoms with E-state index in [1.165, 1.54) is 27.2 Å². The topological polar surface area (TPSA) is 82.6 Å². The Kier molecular flexibility index (Phi) is 4.99. The van der Waals surface area contributed by atoms with Gasteiger partial charge in [-0.25, -0.2) is 4.98 Å². The normalized spacial score (nSPS) is 16.3. The first-order valence-corrected chi connectivity index (χ1v) is 10.3. The standard InChI is InChI=1S/C20H22N4O3S/c1-3-4-8-24-18(26)13-6-5-12(10-14(13)19(24)27)17(25)22-20-21-15-7-9-23(2)11-16(15)28-20/h5-6,10H,3-4,7-9,11H2,1-2H3,(H,21,22,25). The molecule has 0 atom stereocenters. The second-order valence-electron chi connectivity index (χ2n) is 7.21. The lowest BCUT2D eigenvalue weighted by atomic mass is 10.1. The Hall–Kier alpha value is -2.58.